The van der Waals surface area contributed by atoms with Crippen LogP contribution in [0.4, 0.5) is 0 Å². The zero-order chi connectivity index (χ0) is 22.1. The predicted octanol–water partition coefficient (Wildman–Crippen LogP) is 8.21. The normalized spacial score (nSPS) is 15.2. The molecule has 0 saturated heterocycles. The van der Waals surface area contributed by atoms with Gasteiger partial charge < -0.3 is 0 Å². The molecule has 1 saturated carbocycles. The van der Waals surface area contributed by atoms with E-state index in [1.807, 2.05) is 0 Å². The number of aryl methyl sites for hydroxylation is 2. The van der Waals surface area contributed by atoms with E-state index in [2.05, 4.69) is 82.6 Å². The molecule has 0 unspecified atom stereocenters. The van der Waals surface area contributed by atoms with E-state index >= 15 is 0 Å². The quantitative estimate of drug-likeness (QED) is 0.370. The SMILES string of the molecule is CCC(CC)c1ccc2c(-c3cc(C4CCCCC4)cc(C)c3C)[n+](C)c(C)cc2c1. The van der Waals surface area contributed by atoms with Crippen molar-refractivity contribution < 1.29 is 4.57 Å². The zero-order valence-electron chi connectivity index (χ0n) is 20.5. The molecule has 1 heteroatoms. The van der Waals surface area contributed by atoms with Crippen molar-refractivity contribution in [2.45, 2.75) is 91.4 Å². The zero-order valence-corrected chi connectivity index (χ0v) is 20.5. The highest BCUT2D eigenvalue weighted by Crippen LogP contribution is 2.38. The Morgan fingerprint density at radius 3 is 2.29 bits per heavy atom. The Hall–Kier alpha value is -2.15. The highest BCUT2D eigenvalue weighted by molar-refractivity contribution is 5.94. The lowest BCUT2D eigenvalue weighted by Crippen LogP contribution is -2.35. The number of hydrogen-bond acceptors (Lipinski definition) is 0. The summed E-state index contributed by atoms with van der Waals surface area (Å²) in [6, 6.07) is 14.6. The van der Waals surface area contributed by atoms with Crippen LogP contribution in [-0.2, 0) is 7.05 Å². The average molecular weight is 415 g/mol. The second kappa shape index (κ2) is 9.15. The monoisotopic (exact) mass is 414 g/mol. The average Bonchev–Trinajstić information content (AvgIpc) is 2.78. The van der Waals surface area contributed by atoms with Gasteiger partial charge in [0.05, 0.1) is 10.9 Å². The minimum Gasteiger partial charge on any atom is -0.198 e. The molecule has 0 bridgehead atoms. The maximum Gasteiger partial charge on any atom is 0.220 e. The minimum absolute atomic E-state index is 0.653. The lowest BCUT2D eigenvalue weighted by Gasteiger charge is -2.24. The Labute approximate surface area is 189 Å². The van der Waals surface area contributed by atoms with E-state index in [1.165, 1.54) is 89.4 Å². The molecule has 0 radical (unpaired) electrons. The van der Waals surface area contributed by atoms with Crippen LogP contribution < -0.4 is 4.57 Å². The Kier molecular flexibility index (Phi) is 6.51. The fourth-order valence-electron chi connectivity index (χ4n) is 5.74. The highest BCUT2D eigenvalue weighted by Gasteiger charge is 2.24. The van der Waals surface area contributed by atoms with E-state index in [0.29, 0.717) is 5.92 Å². The number of benzene rings is 2. The second-order valence-corrected chi connectivity index (χ2v) is 9.90. The summed E-state index contributed by atoms with van der Waals surface area (Å²) in [5.41, 5.74) is 10.0. The number of rotatable bonds is 5. The lowest BCUT2D eigenvalue weighted by molar-refractivity contribution is -0.665. The molecule has 2 aromatic carbocycles. The molecule has 4 rings (SSSR count). The van der Waals surface area contributed by atoms with E-state index < -0.39 is 0 Å². The van der Waals surface area contributed by atoms with E-state index in [1.54, 1.807) is 5.56 Å². The van der Waals surface area contributed by atoms with Gasteiger partial charge >= 0.3 is 0 Å². The fraction of sp³-hybridized carbons (Fsp3) is 0.500. The van der Waals surface area contributed by atoms with Crippen molar-refractivity contribution >= 4 is 10.8 Å². The van der Waals surface area contributed by atoms with Crippen molar-refractivity contribution in [3.8, 4) is 11.3 Å². The van der Waals surface area contributed by atoms with E-state index in [4.69, 9.17) is 0 Å². The first-order chi connectivity index (χ1) is 14.9. The highest BCUT2D eigenvalue weighted by atomic mass is 14.9. The number of nitrogens with zero attached hydrogens (tertiary/aromatic N) is 1. The molecule has 0 N–H and O–H groups in total. The maximum atomic E-state index is 2.53. The summed E-state index contributed by atoms with van der Waals surface area (Å²) in [6.45, 7) is 11.5. The molecule has 1 heterocycles. The van der Waals surface area contributed by atoms with Crippen LogP contribution in [-0.4, -0.2) is 0 Å². The third-order valence-electron chi connectivity index (χ3n) is 8.04. The Morgan fingerprint density at radius 2 is 1.61 bits per heavy atom. The van der Waals surface area contributed by atoms with Crippen LogP contribution in [0.15, 0.2) is 36.4 Å². The van der Waals surface area contributed by atoms with Gasteiger partial charge in [0, 0.05) is 13.0 Å². The largest absolute Gasteiger partial charge is 0.220 e. The van der Waals surface area contributed by atoms with Gasteiger partial charge in [-0.25, -0.2) is 0 Å². The van der Waals surface area contributed by atoms with Gasteiger partial charge in [-0.3, -0.25) is 0 Å². The van der Waals surface area contributed by atoms with Crippen LogP contribution in [0.5, 0.6) is 0 Å². The van der Waals surface area contributed by atoms with Crippen molar-refractivity contribution in [2.75, 3.05) is 0 Å². The van der Waals surface area contributed by atoms with E-state index in [-0.39, 0.29) is 0 Å². The Morgan fingerprint density at radius 1 is 0.903 bits per heavy atom. The summed E-state index contributed by atoms with van der Waals surface area (Å²) in [5.74, 6) is 1.38. The van der Waals surface area contributed by atoms with Gasteiger partial charge in [0.1, 0.15) is 7.05 Å². The molecule has 164 valence electrons. The van der Waals surface area contributed by atoms with Gasteiger partial charge in [-0.2, -0.15) is 4.57 Å². The molecule has 1 aromatic heterocycles. The van der Waals surface area contributed by atoms with Gasteiger partial charge in [0.15, 0.2) is 5.69 Å². The Balaban J connectivity index is 1.92. The lowest BCUT2D eigenvalue weighted by atomic mass is 9.81. The third kappa shape index (κ3) is 4.16. The smallest absolute Gasteiger partial charge is 0.198 e. The molecule has 1 nitrogen and oxygen atoms in total. The van der Waals surface area contributed by atoms with Crippen LogP contribution in [0.25, 0.3) is 22.0 Å². The topological polar surface area (TPSA) is 3.88 Å². The molecule has 0 amide bonds. The van der Waals surface area contributed by atoms with Gasteiger partial charge in [-0.15, -0.1) is 0 Å². The number of fused-ring (bicyclic) bond motifs is 1. The molecule has 3 aromatic rings. The first-order valence-corrected chi connectivity index (χ1v) is 12.5. The summed E-state index contributed by atoms with van der Waals surface area (Å²) in [4.78, 5) is 0. The van der Waals surface area contributed by atoms with Crippen molar-refractivity contribution in [3.05, 3.63) is 64.3 Å². The summed E-state index contributed by atoms with van der Waals surface area (Å²) in [7, 11) is 2.24. The van der Waals surface area contributed by atoms with Crippen molar-refractivity contribution in [3.63, 3.8) is 0 Å². The van der Waals surface area contributed by atoms with Crippen LogP contribution in [0, 0.1) is 20.8 Å². The third-order valence-corrected chi connectivity index (χ3v) is 8.04. The van der Waals surface area contributed by atoms with Gasteiger partial charge in [0.25, 0.3) is 0 Å². The standard InChI is InChI=1S/C30H40N/c1-7-23(8-2)25-14-15-28-27(18-25)17-21(4)31(6)30(28)29-19-26(16-20(3)22(29)5)24-12-10-9-11-13-24/h14-19,23-24H,7-13H2,1-6H3/q+1. The van der Waals surface area contributed by atoms with Crippen LogP contribution >= 0.6 is 0 Å². The predicted molar refractivity (Wildman–Crippen MR) is 134 cm³/mol. The summed E-state index contributed by atoms with van der Waals surface area (Å²) < 4.78 is 2.41. The number of pyridine rings is 1. The van der Waals surface area contributed by atoms with Crippen LogP contribution in [0.3, 0.4) is 0 Å². The molecular weight excluding hydrogens is 374 g/mol. The molecular formula is C30H40N+. The molecule has 1 aliphatic rings. The molecule has 0 aliphatic heterocycles. The van der Waals surface area contributed by atoms with Gasteiger partial charge in [-0.1, -0.05) is 51.3 Å². The number of aromatic nitrogens is 1. The molecule has 1 fully saturated rings. The first-order valence-electron chi connectivity index (χ1n) is 12.5. The summed E-state index contributed by atoms with van der Waals surface area (Å²) >= 11 is 0. The Bertz CT molecular complexity index is 1080. The van der Waals surface area contributed by atoms with Crippen molar-refractivity contribution in [1.82, 2.24) is 0 Å². The molecule has 0 spiro atoms. The summed E-state index contributed by atoms with van der Waals surface area (Å²) in [6.07, 6.45) is 9.28. The molecule has 31 heavy (non-hydrogen) atoms. The second-order valence-electron chi connectivity index (χ2n) is 9.90. The first kappa shape index (κ1) is 22.1. The van der Waals surface area contributed by atoms with Gasteiger partial charge in [0.2, 0.25) is 5.69 Å². The molecule has 1 aliphatic carbocycles. The van der Waals surface area contributed by atoms with Crippen molar-refractivity contribution in [1.29, 1.82) is 0 Å². The summed E-state index contributed by atoms with van der Waals surface area (Å²) in [5, 5.41) is 2.77. The van der Waals surface area contributed by atoms with E-state index in [9.17, 15) is 0 Å². The van der Waals surface area contributed by atoms with E-state index in [0.717, 1.165) is 5.92 Å². The van der Waals surface area contributed by atoms with Crippen molar-refractivity contribution in [2.24, 2.45) is 7.05 Å². The van der Waals surface area contributed by atoms with Crippen LogP contribution in [0.2, 0.25) is 0 Å². The fourth-order valence-corrected chi connectivity index (χ4v) is 5.74. The molecule has 0 atom stereocenters. The van der Waals surface area contributed by atoms with Crippen LogP contribution in [0.1, 0.15) is 98.6 Å². The number of hydrogen-bond donors (Lipinski definition) is 0. The maximum absolute atomic E-state index is 2.53. The van der Waals surface area contributed by atoms with Gasteiger partial charge in [-0.05, 0) is 91.1 Å². The minimum atomic E-state index is 0.653.